The lowest BCUT2D eigenvalue weighted by Gasteiger charge is -2.36. The Morgan fingerprint density at radius 1 is 1.40 bits per heavy atom. The van der Waals surface area contributed by atoms with Crippen molar-refractivity contribution in [3.8, 4) is 0 Å². The Labute approximate surface area is 124 Å². The number of aliphatic hydroxyl groups is 1. The Kier molecular flexibility index (Phi) is 7.69. The van der Waals surface area contributed by atoms with Crippen molar-refractivity contribution in [2.45, 2.75) is 64.8 Å². The van der Waals surface area contributed by atoms with Crippen LogP contribution in [0.5, 0.6) is 0 Å². The molecule has 2 atom stereocenters. The lowest BCUT2D eigenvalue weighted by molar-refractivity contribution is -0.134. The Hall–Kier alpha value is -0.653. The van der Waals surface area contributed by atoms with Crippen LogP contribution in [0, 0.1) is 5.92 Å². The highest BCUT2D eigenvalue weighted by atomic mass is 28.4. The van der Waals surface area contributed by atoms with Crippen LogP contribution in [0.3, 0.4) is 0 Å². The molecular formula is C15H30O4Si. The monoisotopic (exact) mass is 302 g/mol. The number of hydrogen-bond acceptors (Lipinski definition) is 3. The van der Waals surface area contributed by atoms with Crippen molar-refractivity contribution in [1.82, 2.24) is 0 Å². The molecule has 0 saturated heterocycles. The van der Waals surface area contributed by atoms with Gasteiger partial charge in [0.1, 0.15) is 0 Å². The smallest absolute Gasteiger partial charge is 0.300 e. The quantitative estimate of drug-likeness (QED) is 0.617. The van der Waals surface area contributed by atoms with E-state index in [4.69, 9.17) is 14.3 Å². The first-order valence-electron chi connectivity index (χ1n) is 7.15. The van der Waals surface area contributed by atoms with E-state index in [9.17, 15) is 5.11 Å². The highest BCUT2D eigenvalue weighted by molar-refractivity contribution is 6.74. The van der Waals surface area contributed by atoms with Crippen LogP contribution < -0.4 is 0 Å². The summed E-state index contributed by atoms with van der Waals surface area (Å²) in [6.07, 6.45) is 5.78. The summed E-state index contributed by atoms with van der Waals surface area (Å²) in [5.74, 6) is -0.523. The van der Waals surface area contributed by atoms with Gasteiger partial charge < -0.3 is 14.6 Å². The minimum atomic E-state index is -1.60. The van der Waals surface area contributed by atoms with Crippen LogP contribution in [0.1, 0.15) is 40.5 Å². The van der Waals surface area contributed by atoms with Crippen molar-refractivity contribution in [2.75, 3.05) is 6.61 Å². The lowest BCUT2D eigenvalue weighted by Crippen LogP contribution is -2.41. The normalized spacial score (nSPS) is 22.4. The molecule has 0 amide bonds. The predicted octanol–water partition coefficient (Wildman–Crippen LogP) is 3.43. The third kappa shape index (κ3) is 7.22. The first kappa shape index (κ1) is 19.3. The van der Waals surface area contributed by atoms with Gasteiger partial charge in [-0.05, 0) is 31.0 Å². The van der Waals surface area contributed by atoms with Gasteiger partial charge in [-0.3, -0.25) is 4.79 Å². The van der Waals surface area contributed by atoms with Gasteiger partial charge >= 0.3 is 0 Å². The zero-order chi connectivity index (χ0) is 16.0. The number of carboxylic acid groups (broad SMARTS) is 1. The van der Waals surface area contributed by atoms with Crippen molar-refractivity contribution in [2.24, 2.45) is 5.92 Å². The SMILES string of the molecule is CC(=O)O.CC(C)(C)[Si](C)(C)OCCC1C=CCC1O. The third-order valence-corrected chi connectivity index (χ3v) is 8.51. The molecule has 0 bridgehead atoms. The van der Waals surface area contributed by atoms with Gasteiger partial charge in [-0.1, -0.05) is 32.9 Å². The molecule has 0 aromatic rings. The van der Waals surface area contributed by atoms with Gasteiger partial charge in [-0.25, -0.2) is 0 Å². The van der Waals surface area contributed by atoms with Crippen LogP contribution in [-0.4, -0.2) is 37.2 Å². The molecule has 4 nitrogen and oxygen atoms in total. The van der Waals surface area contributed by atoms with Crippen LogP contribution in [0.15, 0.2) is 12.2 Å². The molecule has 20 heavy (non-hydrogen) atoms. The molecule has 0 spiro atoms. The maximum atomic E-state index is 9.67. The summed E-state index contributed by atoms with van der Waals surface area (Å²) in [6.45, 7) is 13.2. The van der Waals surface area contributed by atoms with Crippen molar-refractivity contribution < 1.29 is 19.4 Å². The van der Waals surface area contributed by atoms with Crippen LogP contribution in [0.25, 0.3) is 0 Å². The lowest BCUT2D eigenvalue weighted by atomic mass is 10.0. The summed E-state index contributed by atoms with van der Waals surface area (Å²) >= 11 is 0. The van der Waals surface area contributed by atoms with Gasteiger partial charge in [0, 0.05) is 19.4 Å². The number of aliphatic carboxylic acids is 1. The van der Waals surface area contributed by atoms with Crippen LogP contribution in [-0.2, 0) is 9.22 Å². The van der Waals surface area contributed by atoms with E-state index in [1.54, 1.807) is 0 Å². The van der Waals surface area contributed by atoms with E-state index in [-0.39, 0.29) is 11.1 Å². The molecule has 0 saturated carbocycles. The highest BCUT2D eigenvalue weighted by Crippen LogP contribution is 2.36. The summed E-state index contributed by atoms with van der Waals surface area (Å²) in [7, 11) is -1.60. The topological polar surface area (TPSA) is 66.8 Å². The summed E-state index contributed by atoms with van der Waals surface area (Å²) in [4.78, 5) is 9.00. The summed E-state index contributed by atoms with van der Waals surface area (Å²) < 4.78 is 6.10. The molecule has 0 aromatic heterocycles. The van der Waals surface area contributed by atoms with E-state index in [1.807, 2.05) is 0 Å². The number of aliphatic hydroxyl groups excluding tert-OH is 1. The standard InChI is InChI=1S/C13H26O2Si.C2H4O2/c1-13(2,3)16(4,5)15-10-9-11-7-6-8-12(11)14;1-2(3)4/h6-7,11-12,14H,8-10H2,1-5H3;1H3,(H,3,4). The zero-order valence-electron chi connectivity index (χ0n) is 13.6. The maximum Gasteiger partial charge on any atom is 0.300 e. The Bertz CT molecular complexity index is 327. The number of carboxylic acids is 1. The van der Waals surface area contributed by atoms with Gasteiger partial charge in [-0.15, -0.1) is 0 Å². The molecule has 1 rings (SSSR count). The molecule has 0 radical (unpaired) electrons. The Morgan fingerprint density at radius 3 is 2.25 bits per heavy atom. The van der Waals surface area contributed by atoms with Crippen LogP contribution >= 0.6 is 0 Å². The molecule has 0 aromatic carbocycles. The number of rotatable bonds is 4. The number of hydrogen-bond donors (Lipinski definition) is 2. The third-order valence-electron chi connectivity index (χ3n) is 3.98. The molecule has 5 heteroatoms. The summed E-state index contributed by atoms with van der Waals surface area (Å²) in [5.41, 5.74) is 0. The average molecular weight is 302 g/mol. The average Bonchev–Trinajstić information content (AvgIpc) is 2.61. The van der Waals surface area contributed by atoms with E-state index >= 15 is 0 Å². The van der Waals surface area contributed by atoms with Gasteiger partial charge in [0.25, 0.3) is 5.97 Å². The molecule has 2 N–H and O–H groups in total. The minimum absolute atomic E-state index is 0.178. The van der Waals surface area contributed by atoms with E-state index in [2.05, 4.69) is 46.0 Å². The first-order valence-corrected chi connectivity index (χ1v) is 10.1. The Morgan fingerprint density at radius 2 is 1.90 bits per heavy atom. The fraction of sp³-hybridized carbons (Fsp3) is 0.800. The molecule has 2 unspecified atom stereocenters. The second kappa shape index (κ2) is 7.95. The second-order valence-corrected chi connectivity index (χ2v) is 11.6. The molecular weight excluding hydrogens is 272 g/mol. The Balaban J connectivity index is 0.000000796. The first-order chi connectivity index (χ1) is 8.97. The van der Waals surface area contributed by atoms with E-state index < -0.39 is 14.3 Å². The predicted molar refractivity (Wildman–Crippen MR) is 84.3 cm³/mol. The highest BCUT2D eigenvalue weighted by Gasteiger charge is 2.37. The van der Waals surface area contributed by atoms with Gasteiger partial charge in [0.05, 0.1) is 6.10 Å². The van der Waals surface area contributed by atoms with Gasteiger partial charge in [0.15, 0.2) is 8.32 Å². The molecule has 118 valence electrons. The van der Waals surface area contributed by atoms with Gasteiger partial charge in [0.2, 0.25) is 0 Å². The molecule has 1 aliphatic carbocycles. The molecule has 0 aliphatic heterocycles. The molecule has 0 fully saturated rings. The minimum Gasteiger partial charge on any atom is -0.481 e. The number of carbonyl (C=O) groups is 1. The molecule has 0 heterocycles. The fourth-order valence-corrected chi connectivity index (χ4v) is 2.71. The van der Waals surface area contributed by atoms with Crippen molar-refractivity contribution in [1.29, 1.82) is 0 Å². The largest absolute Gasteiger partial charge is 0.481 e. The van der Waals surface area contributed by atoms with E-state index in [0.29, 0.717) is 5.92 Å². The van der Waals surface area contributed by atoms with E-state index in [0.717, 1.165) is 26.4 Å². The van der Waals surface area contributed by atoms with Crippen molar-refractivity contribution in [3.63, 3.8) is 0 Å². The summed E-state index contributed by atoms with van der Waals surface area (Å²) in [5, 5.41) is 17.4. The maximum absolute atomic E-state index is 9.67. The van der Waals surface area contributed by atoms with E-state index in [1.165, 1.54) is 0 Å². The van der Waals surface area contributed by atoms with Crippen molar-refractivity contribution >= 4 is 14.3 Å². The second-order valence-electron chi connectivity index (χ2n) is 6.81. The van der Waals surface area contributed by atoms with Crippen LogP contribution in [0.4, 0.5) is 0 Å². The van der Waals surface area contributed by atoms with Crippen molar-refractivity contribution in [3.05, 3.63) is 12.2 Å². The molecule has 1 aliphatic rings. The zero-order valence-corrected chi connectivity index (χ0v) is 14.6. The van der Waals surface area contributed by atoms with Gasteiger partial charge in [-0.2, -0.15) is 0 Å². The summed E-state index contributed by atoms with van der Waals surface area (Å²) in [6, 6.07) is 0. The van der Waals surface area contributed by atoms with Crippen LogP contribution in [0.2, 0.25) is 18.1 Å². The fourth-order valence-electron chi connectivity index (χ4n) is 1.65.